The number of imidazole rings is 1. The Bertz CT molecular complexity index is 3920. The second-order valence-corrected chi connectivity index (χ2v) is 16.2. The first kappa shape index (κ1) is 34.5. The van der Waals surface area contributed by atoms with Crippen LogP contribution < -0.4 is 0 Å². The second kappa shape index (κ2) is 13.6. The number of benzene rings is 10. The molecule has 0 bridgehead atoms. The monoisotopic (exact) mass is 788 g/mol. The summed E-state index contributed by atoms with van der Waals surface area (Å²) in [7, 11) is 0. The molecule has 0 aliphatic carbocycles. The third kappa shape index (κ3) is 5.27. The van der Waals surface area contributed by atoms with Gasteiger partial charge in [-0.3, -0.25) is 4.57 Å². The van der Waals surface area contributed by atoms with Crippen molar-refractivity contribution in [3.63, 3.8) is 0 Å². The molecule has 13 rings (SSSR count). The molecule has 0 fully saturated rings. The van der Waals surface area contributed by atoms with Crippen molar-refractivity contribution in [2.75, 3.05) is 0 Å². The van der Waals surface area contributed by atoms with Crippen LogP contribution in [0.5, 0.6) is 0 Å². The molecule has 4 nitrogen and oxygen atoms in total. The predicted octanol–water partition coefficient (Wildman–Crippen LogP) is 15.1. The van der Waals surface area contributed by atoms with Crippen LogP contribution in [0.4, 0.5) is 0 Å². The highest BCUT2D eigenvalue weighted by Gasteiger charge is 2.20. The molecular weight excluding hydrogens is 753 g/mol. The first-order chi connectivity index (χ1) is 30.7. The summed E-state index contributed by atoms with van der Waals surface area (Å²) in [5.74, 6) is 0.911. The van der Waals surface area contributed by atoms with Crippen molar-refractivity contribution in [3.05, 3.63) is 218 Å². The Morgan fingerprint density at radius 2 is 0.919 bits per heavy atom. The van der Waals surface area contributed by atoms with Gasteiger partial charge in [0.25, 0.3) is 0 Å². The van der Waals surface area contributed by atoms with Gasteiger partial charge in [0.1, 0.15) is 5.82 Å². The lowest BCUT2D eigenvalue weighted by molar-refractivity contribution is 1.12. The molecule has 0 saturated carbocycles. The zero-order valence-electron chi connectivity index (χ0n) is 33.6. The molecule has 0 unspecified atom stereocenters. The molecule has 13 aromatic rings. The van der Waals surface area contributed by atoms with E-state index in [0.29, 0.717) is 0 Å². The number of fused-ring (bicyclic) bond motifs is 10. The number of nitrogens with zero attached hydrogens (tertiary/aromatic N) is 4. The van der Waals surface area contributed by atoms with Crippen molar-refractivity contribution >= 4 is 76.1 Å². The molecule has 0 saturated heterocycles. The highest BCUT2D eigenvalue weighted by molar-refractivity contribution is 6.19. The third-order valence-corrected chi connectivity index (χ3v) is 12.7. The molecule has 3 heterocycles. The molecule has 10 aromatic carbocycles. The van der Waals surface area contributed by atoms with Crippen LogP contribution in [-0.4, -0.2) is 19.1 Å². The number of pyridine rings is 1. The summed E-state index contributed by atoms with van der Waals surface area (Å²) in [4.78, 5) is 10.7. The molecule has 4 heteroatoms. The first-order valence-corrected chi connectivity index (χ1v) is 21.2. The molecule has 0 amide bonds. The molecule has 0 spiro atoms. The molecule has 288 valence electrons. The molecule has 0 N–H and O–H groups in total. The van der Waals surface area contributed by atoms with E-state index in [-0.39, 0.29) is 0 Å². The van der Waals surface area contributed by atoms with Crippen LogP contribution in [0.1, 0.15) is 0 Å². The fraction of sp³-hybridized carbons (Fsp3) is 0. The standard InChI is InChI=1S/C58H36N4/c1-3-16-37(17-4-1)57-47-27-12-10-25-45(47)48-36-56-50(35-52(48)59-57)49-33-39(30-31-53(49)61(56)42-21-5-2-6-22-42)38-19-15-20-41(32-38)58-60-51-28-13-14-29-54(51)62(58)55-34-40-18-7-8-23-43(40)44-24-9-11-26-46(44)55/h1-36H. The lowest BCUT2D eigenvalue weighted by atomic mass is 9.98. The average molecular weight is 789 g/mol. The highest BCUT2D eigenvalue weighted by Crippen LogP contribution is 2.41. The van der Waals surface area contributed by atoms with Gasteiger partial charge in [-0.25, -0.2) is 9.97 Å². The number of hydrogen-bond donors (Lipinski definition) is 0. The maximum Gasteiger partial charge on any atom is 0.145 e. The summed E-state index contributed by atoms with van der Waals surface area (Å²) >= 11 is 0. The minimum atomic E-state index is 0.911. The van der Waals surface area contributed by atoms with Crippen molar-refractivity contribution in [1.29, 1.82) is 0 Å². The van der Waals surface area contributed by atoms with Gasteiger partial charge in [-0.2, -0.15) is 0 Å². The van der Waals surface area contributed by atoms with Crippen LogP contribution >= 0.6 is 0 Å². The van der Waals surface area contributed by atoms with Gasteiger partial charge in [-0.1, -0.05) is 158 Å². The number of aromatic nitrogens is 4. The zero-order valence-corrected chi connectivity index (χ0v) is 33.6. The van der Waals surface area contributed by atoms with Crippen LogP contribution in [0.3, 0.4) is 0 Å². The Kier molecular flexibility index (Phi) is 7.57. The van der Waals surface area contributed by atoms with Crippen LogP contribution in [0.15, 0.2) is 218 Å². The van der Waals surface area contributed by atoms with E-state index in [1.54, 1.807) is 0 Å². The van der Waals surface area contributed by atoms with Crippen LogP contribution in [0.25, 0.3) is 121 Å². The SMILES string of the molecule is c1ccc(-c2nc3cc4c5cc(-c6cccc(-c7nc8ccccc8n7-c7cc8ccccc8c8ccccc78)c6)ccc5n(-c5ccccc5)c4cc3c3ccccc23)cc1. The summed E-state index contributed by atoms with van der Waals surface area (Å²) in [6.07, 6.45) is 0. The van der Waals surface area contributed by atoms with E-state index in [1.807, 2.05) is 0 Å². The molecular formula is C58H36N4. The Labute approximate surface area is 357 Å². The van der Waals surface area contributed by atoms with Crippen molar-refractivity contribution in [2.45, 2.75) is 0 Å². The van der Waals surface area contributed by atoms with Gasteiger partial charge in [0.05, 0.1) is 39.0 Å². The number of para-hydroxylation sites is 3. The van der Waals surface area contributed by atoms with E-state index in [4.69, 9.17) is 9.97 Å². The fourth-order valence-corrected chi connectivity index (χ4v) is 9.84. The van der Waals surface area contributed by atoms with Crippen molar-refractivity contribution in [2.24, 2.45) is 0 Å². The maximum atomic E-state index is 5.41. The van der Waals surface area contributed by atoms with E-state index in [9.17, 15) is 0 Å². The minimum absolute atomic E-state index is 0.911. The molecule has 0 radical (unpaired) electrons. The van der Waals surface area contributed by atoms with Gasteiger partial charge >= 0.3 is 0 Å². The topological polar surface area (TPSA) is 35.6 Å². The van der Waals surface area contributed by atoms with Gasteiger partial charge in [0, 0.05) is 43.7 Å². The summed E-state index contributed by atoms with van der Waals surface area (Å²) in [5.41, 5.74) is 13.0. The fourth-order valence-electron chi connectivity index (χ4n) is 9.84. The van der Waals surface area contributed by atoms with E-state index in [2.05, 4.69) is 228 Å². The van der Waals surface area contributed by atoms with Crippen LogP contribution in [0.2, 0.25) is 0 Å². The average Bonchev–Trinajstić information content (AvgIpc) is 3.89. The van der Waals surface area contributed by atoms with Crippen molar-refractivity contribution in [1.82, 2.24) is 19.1 Å². The highest BCUT2D eigenvalue weighted by atomic mass is 15.1. The van der Waals surface area contributed by atoms with Gasteiger partial charge < -0.3 is 4.57 Å². The third-order valence-electron chi connectivity index (χ3n) is 12.7. The lowest BCUT2D eigenvalue weighted by Gasteiger charge is -2.15. The van der Waals surface area contributed by atoms with Gasteiger partial charge in [0.15, 0.2) is 0 Å². The largest absolute Gasteiger partial charge is 0.309 e. The second-order valence-electron chi connectivity index (χ2n) is 16.2. The van der Waals surface area contributed by atoms with Crippen LogP contribution in [-0.2, 0) is 0 Å². The molecule has 0 atom stereocenters. The molecule has 0 aliphatic rings. The van der Waals surface area contributed by atoms with E-state index in [0.717, 1.165) is 83.5 Å². The molecule has 0 aliphatic heterocycles. The van der Waals surface area contributed by atoms with E-state index in [1.165, 1.54) is 37.7 Å². The van der Waals surface area contributed by atoms with Crippen molar-refractivity contribution < 1.29 is 0 Å². The summed E-state index contributed by atoms with van der Waals surface area (Å²) in [6.45, 7) is 0. The first-order valence-electron chi connectivity index (χ1n) is 21.2. The molecule has 62 heavy (non-hydrogen) atoms. The summed E-state index contributed by atoms with van der Waals surface area (Å²) in [6, 6.07) is 78.5. The Morgan fingerprint density at radius 3 is 1.76 bits per heavy atom. The van der Waals surface area contributed by atoms with Crippen LogP contribution in [0, 0.1) is 0 Å². The molecule has 3 aromatic heterocycles. The number of hydrogen-bond acceptors (Lipinski definition) is 2. The minimum Gasteiger partial charge on any atom is -0.309 e. The van der Waals surface area contributed by atoms with Gasteiger partial charge in [0.2, 0.25) is 0 Å². The maximum absolute atomic E-state index is 5.41. The van der Waals surface area contributed by atoms with Gasteiger partial charge in [-0.15, -0.1) is 0 Å². The smallest absolute Gasteiger partial charge is 0.145 e. The Hall–Kier alpha value is -8.34. The summed E-state index contributed by atoms with van der Waals surface area (Å²) < 4.78 is 4.76. The lowest BCUT2D eigenvalue weighted by Crippen LogP contribution is -1.99. The zero-order chi connectivity index (χ0) is 40.7. The normalized spacial score (nSPS) is 11.9. The van der Waals surface area contributed by atoms with Gasteiger partial charge in [-0.05, 0) is 93.3 Å². The Balaban J connectivity index is 1.03. The van der Waals surface area contributed by atoms with E-state index < -0.39 is 0 Å². The quantitative estimate of drug-likeness (QED) is 0.163. The predicted molar refractivity (Wildman–Crippen MR) is 260 cm³/mol. The van der Waals surface area contributed by atoms with E-state index >= 15 is 0 Å². The summed E-state index contributed by atoms with van der Waals surface area (Å²) in [5, 5.41) is 10.7. The number of rotatable bonds is 5. The van der Waals surface area contributed by atoms with Crippen molar-refractivity contribution in [3.8, 4) is 45.1 Å². The Morgan fingerprint density at radius 1 is 0.290 bits per heavy atom.